The van der Waals surface area contributed by atoms with Gasteiger partial charge in [0.15, 0.2) is 0 Å². The van der Waals surface area contributed by atoms with E-state index in [1.165, 1.54) is 18.5 Å². The lowest BCUT2D eigenvalue weighted by atomic mass is 10.2. The average Bonchev–Trinajstić information content (AvgIpc) is 2.46. The van der Waals surface area contributed by atoms with E-state index in [1.54, 1.807) is 26.2 Å². The van der Waals surface area contributed by atoms with E-state index < -0.39 is 0 Å². The molecule has 1 aromatic heterocycles. The van der Waals surface area contributed by atoms with Gasteiger partial charge in [0.1, 0.15) is 0 Å². The summed E-state index contributed by atoms with van der Waals surface area (Å²) in [6.45, 7) is 2.55. The maximum absolute atomic E-state index is 11.7. The number of pyridine rings is 1. The second kappa shape index (κ2) is 8.65. The van der Waals surface area contributed by atoms with Crippen molar-refractivity contribution >= 4 is 11.8 Å². The van der Waals surface area contributed by atoms with E-state index in [2.05, 4.69) is 21.2 Å². The van der Waals surface area contributed by atoms with Gasteiger partial charge in [0.05, 0.1) is 6.61 Å². The van der Waals surface area contributed by atoms with Crippen molar-refractivity contribution in [2.75, 3.05) is 20.3 Å². The predicted molar refractivity (Wildman–Crippen MR) is 73.5 cm³/mol. The van der Waals surface area contributed by atoms with Gasteiger partial charge in [0, 0.05) is 43.4 Å². The molecule has 0 saturated heterocycles. The highest BCUT2D eigenvalue weighted by atomic mass is 16.5. The molecule has 0 aliphatic heterocycles. The van der Waals surface area contributed by atoms with Crippen LogP contribution in [0.1, 0.15) is 17.3 Å². The number of hydrogen-bond acceptors (Lipinski definition) is 5. The molecule has 3 N–H and O–H groups in total. The Morgan fingerprint density at radius 3 is 2.65 bits per heavy atom. The van der Waals surface area contributed by atoms with Gasteiger partial charge >= 0.3 is 0 Å². The molecule has 0 aliphatic rings. The zero-order valence-corrected chi connectivity index (χ0v) is 11.5. The Kier molecular flexibility index (Phi) is 6.77. The van der Waals surface area contributed by atoms with E-state index in [0.29, 0.717) is 24.4 Å². The molecule has 0 radical (unpaired) electrons. The van der Waals surface area contributed by atoms with Crippen LogP contribution in [-0.4, -0.2) is 37.1 Å². The summed E-state index contributed by atoms with van der Waals surface area (Å²) in [5.41, 5.74) is 6.13. The minimum absolute atomic E-state index is 0.259. The van der Waals surface area contributed by atoms with Crippen molar-refractivity contribution in [1.29, 1.82) is 0 Å². The molecule has 7 heteroatoms. The van der Waals surface area contributed by atoms with Crippen LogP contribution in [0.2, 0.25) is 0 Å². The van der Waals surface area contributed by atoms with E-state index >= 15 is 0 Å². The van der Waals surface area contributed by atoms with E-state index in [9.17, 15) is 9.59 Å². The van der Waals surface area contributed by atoms with Crippen LogP contribution in [0.3, 0.4) is 0 Å². The molecule has 1 aromatic rings. The van der Waals surface area contributed by atoms with Gasteiger partial charge < -0.3 is 15.5 Å². The van der Waals surface area contributed by atoms with Crippen LogP contribution in [0.15, 0.2) is 36.3 Å². The lowest BCUT2D eigenvalue weighted by Gasteiger charge is -2.08. The van der Waals surface area contributed by atoms with Crippen LogP contribution in [0.4, 0.5) is 0 Å². The first-order valence-corrected chi connectivity index (χ1v) is 6.05. The summed E-state index contributed by atoms with van der Waals surface area (Å²) in [6, 6.07) is 3.18. The smallest absolute Gasteiger partial charge is 0.269 e. The van der Waals surface area contributed by atoms with Gasteiger partial charge in [-0.2, -0.15) is 0 Å². The van der Waals surface area contributed by atoms with Crippen LogP contribution >= 0.6 is 0 Å². The number of rotatable bonds is 7. The van der Waals surface area contributed by atoms with Crippen LogP contribution in [-0.2, 0) is 9.53 Å². The fourth-order valence-electron chi connectivity index (χ4n) is 1.29. The number of amides is 2. The minimum Gasteiger partial charge on any atom is -0.383 e. The highest BCUT2D eigenvalue weighted by molar-refractivity contribution is 5.93. The van der Waals surface area contributed by atoms with Gasteiger partial charge in [-0.3, -0.25) is 20.0 Å². The fraction of sp³-hybridized carbons (Fsp3) is 0.308. The topological polar surface area (TPSA) is 92.4 Å². The molecule has 0 saturated carbocycles. The van der Waals surface area contributed by atoms with Gasteiger partial charge in [-0.05, 0) is 19.1 Å². The third-order valence-electron chi connectivity index (χ3n) is 2.27. The zero-order chi connectivity index (χ0) is 14.8. The molecule has 0 unspecified atom stereocenters. The third kappa shape index (κ3) is 5.96. The third-order valence-corrected chi connectivity index (χ3v) is 2.27. The van der Waals surface area contributed by atoms with Crippen molar-refractivity contribution in [3.63, 3.8) is 0 Å². The molecular weight excluding hydrogens is 260 g/mol. The van der Waals surface area contributed by atoms with E-state index in [4.69, 9.17) is 4.74 Å². The molecule has 7 nitrogen and oxygen atoms in total. The Bertz CT molecular complexity index is 474. The first kappa shape index (κ1) is 15.6. The maximum atomic E-state index is 11.7. The zero-order valence-electron chi connectivity index (χ0n) is 11.5. The SMILES string of the molecule is COCCNC(=O)/C=C(/C)NNC(=O)c1ccncc1. The summed E-state index contributed by atoms with van der Waals surface area (Å²) in [5.74, 6) is -0.565. The van der Waals surface area contributed by atoms with Crippen molar-refractivity contribution in [2.45, 2.75) is 6.92 Å². The second-order valence-electron chi connectivity index (χ2n) is 3.93. The number of carbonyl (C=O) groups is 2. The normalized spacial score (nSPS) is 10.8. The number of hydrogen-bond donors (Lipinski definition) is 3. The van der Waals surface area contributed by atoms with Gasteiger partial charge in [-0.1, -0.05) is 0 Å². The Hall–Kier alpha value is -2.41. The quantitative estimate of drug-likeness (QED) is 0.370. The molecule has 0 fully saturated rings. The lowest BCUT2D eigenvalue weighted by Crippen LogP contribution is -2.37. The van der Waals surface area contributed by atoms with Gasteiger partial charge in [-0.15, -0.1) is 0 Å². The number of carbonyl (C=O) groups excluding carboxylic acids is 2. The summed E-state index contributed by atoms with van der Waals surface area (Å²) in [6.07, 6.45) is 4.41. The summed E-state index contributed by atoms with van der Waals surface area (Å²) in [5, 5.41) is 2.63. The number of methoxy groups -OCH3 is 1. The average molecular weight is 278 g/mol. The summed E-state index contributed by atoms with van der Waals surface area (Å²) in [4.78, 5) is 27.0. The van der Waals surface area contributed by atoms with Gasteiger partial charge in [-0.25, -0.2) is 0 Å². The van der Waals surface area contributed by atoms with E-state index in [0.717, 1.165) is 0 Å². The van der Waals surface area contributed by atoms with Gasteiger partial charge in [0.2, 0.25) is 5.91 Å². The number of nitrogens with one attached hydrogen (secondary N) is 3. The molecule has 2 amide bonds. The number of aromatic nitrogens is 1. The molecule has 1 rings (SSSR count). The Morgan fingerprint density at radius 1 is 1.30 bits per heavy atom. The molecule has 1 heterocycles. The van der Waals surface area contributed by atoms with Crippen LogP contribution in [0.5, 0.6) is 0 Å². The molecule has 0 bridgehead atoms. The number of allylic oxidation sites excluding steroid dienone is 1. The van der Waals surface area contributed by atoms with E-state index in [1.807, 2.05) is 0 Å². The molecule has 0 aliphatic carbocycles. The predicted octanol–water partition coefficient (Wildman–Crippen LogP) is -0.0176. The van der Waals surface area contributed by atoms with Crippen LogP contribution in [0, 0.1) is 0 Å². The summed E-state index contributed by atoms with van der Waals surface area (Å²) >= 11 is 0. The van der Waals surface area contributed by atoms with Crippen molar-refractivity contribution < 1.29 is 14.3 Å². The molecule has 108 valence electrons. The van der Waals surface area contributed by atoms with Gasteiger partial charge in [0.25, 0.3) is 5.91 Å². The minimum atomic E-state index is -0.306. The molecular formula is C13H18N4O3. The van der Waals surface area contributed by atoms with Crippen molar-refractivity contribution in [2.24, 2.45) is 0 Å². The highest BCUT2D eigenvalue weighted by Crippen LogP contribution is 1.95. The van der Waals surface area contributed by atoms with Crippen molar-refractivity contribution in [3.8, 4) is 0 Å². The molecule has 0 atom stereocenters. The maximum Gasteiger partial charge on any atom is 0.269 e. The second-order valence-corrected chi connectivity index (χ2v) is 3.93. The molecule has 0 spiro atoms. The standard InChI is InChI=1S/C13H18N4O3/c1-10(9-12(18)15-7-8-20-2)16-17-13(19)11-3-5-14-6-4-11/h3-6,9,16H,7-8H2,1-2H3,(H,15,18)(H,17,19)/b10-9-. The Morgan fingerprint density at radius 2 is 2.00 bits per heavy atom. The first-order chi connectivity index (χ1) is 9.63. The number of ether oxygens (including phenoxy) is 1. The van der Waals surface area contributed by atoms with Crippen molar-refractivity contribution in [1.82, 2.24) is 21.2 Å². The van der Waals surface area contributed by atoms with Crippen molar-refractivity contribution in [3.05, 3.63) is 41.9 Å². The molecule has 0 aromatic carbocycles. The molecule has 20 heavy (non-hydrogen) atoms. The monoisotopic (exact) mass is 278 g/mol. The summed E-state index contributed by atoms with van der Waals surface area (Å²) in [7, 11) is 1.56. The van der Waals surface area contributed by atoms with Crippen LogP contribution < -0.4 is 16.2 Å². The largest absolute Gasteiger partial charge is 0.383 e. The number of nitrogens with zero attached hydrogens (tertiary/aromatic N) is 1. The highest BCUT2D eigenvalue weighted by Gasteiger charge is 2.04. The van der Waals surface area contributed by atoms with E-state index in [-0.39, 0.29) is 11.8 Å². The summed E-state index contributed by atoms with van der Waals surface area (Å²) < 4.78 is 4.81. The lowest BCUT2D eigenvalue weighted by molar-refractivity contribution is -0.116. The van der Waals surface area contributed by atoms with Crippen LogP contribution in [0.25, 0.3) is 0 Å². The fourth-order valence-corrected chi connectivity index (χ4v) is 1.29. The number of hydrazine groups is 1. The Balaban J connectivity index is 2.37. The first-order valence-electron chi connectivity index (χ1n) is 6.05. The Labute approximate surface area is 117 Å².